The molecule has 0 atom stereocenters. The number of ether oxygens (including phenoxy) is 1. The molecular weight excluding hydrogens is 346 g/mol. The predicted octanol–water partition coefficient (Wildman–Crippen LogP) is 1.14. The number of carbonyl (C=O) groups is 2. The molecule has 2 rings (SSSR count). The van der Waals surface area contributed by atoms with Crippen molar-refractivity contribution >= 4 is 27.7 Å². The Labute approximate surface area is 147 Å². The standard InChI is InChI=1S/C16H21N3O5S/c1-3-12-24-16(21)19-10-8-18(9-11-19)15(20)13-4-6-14(7-5-13)17-25(2,22)23/h3-7,17H,1,8-12H2,2H3. The second-order valence-electron chi connectivity index (χ2n) is 5.60. The fraction of sp³-hybridized carbons (Fsp3) is 0.375. The first-order valence-corrected chi connectivity index (χ1v) is 9.59. The molecule has 1 aromatic rings. The molecule has 0 unspecified atom stereocenters. The van der Waals surface area contributed by atoms with Gasteiger partial charge in [-0.15, -0.1) is 0 Å². The maximum absolute atomic E-state index is 12.5. The normalized spacial score (nSPS) is 14.8. The van der Waals surface area contributed by atoms with Gasteiger partial charge in [0.2, 0.25) is 10.0 Å². The van der Waals surface area contributed by atoms with Crippen LogP contribution in [-0.2, 0) is 14.8 Å². The van der Waals surface area contributed by atoms with Crippen molar-refractivity contribution in [3.05, 3.63) is 42.5 Å². The zero-order valence-corrected chi connectivity index (χ0v) is 14.8. The van der Waals surface area contributed by atoms with Crippen LogP contribution in [0, 0.1) is 0 Å². The molecule has 1 saturated heterocycles. The minimum Gasteiger partial charge on any atom is -0.445 e. The second-order valence-corrected chi connectivity index (χ2v) is 7.34. The number of amides is 2. The number of nitrogens with one attached hydrogen (secondary N) is 1. The van der Waals surface area contributed by atoms with Gasteiger partial charge in [0.15, 0.2) is 0 Å². The van der Waals surface area contributed by atoms with Crippen molar-refractivity contribution in [2.24, 2.45) is 0 Å². The zero-order chi connectivity index (χ0) is 18.4. The van der Waals surface area contributed by atoms with Gasteiger partial charge in [-0.2, -0.15) is 0 Å². The molecule has 0 spiro atoms. The Morgan fingerprint density at radius 1 is 1.16 bits per heavy atom. The molecule has 1 N–H and O–H groups in total. The highest BCUT2D eigenvalue weighted by Gasteiger charge is 2.25. The quantitative estimate of drug-likeness (QED) is 0.787. The van der Waals surface area contributed by atoms with E-state index >= 15 is 0 Å². The van der Waals surface area contributed by atoms with Crippen LogP contribution in [-0.4, -0.2) is 69.3 Å². The van der Waals surface area contributed by atoms with Crippen molar-refractivity contribution in [2.45, 2.75) is 0 Å². The van der Waals surface area contributed by atoms with Crippen molar-refractivity contribution < 1.29 is 22.7 Å². The third kappa shape index (κ3) is 5.49. The molecule has 0 radical (unpaired) electrons. The number of sulfonamides is 1. The predicted molar refractivity (Wildman–Crippen MR) is 93.9 cm³/mol. The summed E-state index contributed by atoms with van der Waals surface area (Å²) in [6, 6.07) is 6.22. The van der Waals surface area contributed by atoms with Gasteiger partial charge in [-0.25, -0.2) is 13.2 Å². The lowest BCUT2D eigenvalue weighted by Gasteiger charge is -2.34. The number of hydrogen-bond donors (Lipinski definition) is 1. The Bertz CT molecular complexity index is 738. The molecular formula is C16H21N3O5S. The number of benzene rings is 1. The van der Waals surface area contributed by atoms with Crippen molar-refractivity contribution in [1.29, 1.82) is 0 Å². The number of piperazine rings is 1. The van der Waals surface area contributed by atoms with E-state index in [2.05, 4.69) is 11.3 Å². The number of hydrogen-bond acceptors (Lipinski definition) is 5. The van der Waals surface area contributed by atoms with Crippen LogP contribution >= 0.6 is 0 Å². The van der Waals surface area contributed by atoms with E-state index in [-0.39, 0.29) is 12.5 Å². The smallest absolute Gasteiger partial charge is 0.410 e. The van der Waals surface area contributed by atoms with Gasteiger partial charge in [-0.3, -0.25) is 9.52 Å². The van der Waals surface area contributed by atoms with Gasteiger partial charge < -0.3 is 14.5 Å². The van der Waals surface area contributed by atoms with Crippen molar-refractivity contribution in [3.63, 3.8) is 0 Å². The van der Waals surface area contributed by atoms with Crippen LogP contribution < -0.4 is 4.72 Å². The Morgan fingerprint density at radius 2 is 1.72 bits per heavy atom. The SMILES string of the molecule is C=CCOC(=O)N1CCN(C(=O)c2ccc(NS(C)(=O)=O)cc2)CC1. The second kappa shape index (κ2) is 8.02. The lowest BCUT2D eigenvalue weighted by atomic mass is 10.1. The van der Waals surface area contributed by atoms with Crippen LogP contribution in [0.25, 0.3) is 0 Å². The van der Waals surface area contributed by atoms with Crippen LogP contribution in [0.3, 0.4) is 0 Å². The average molecular weight is 367 g/mol. The highest BCUT2D eigenvalue weighted by atomic mass is 32.2. The van der Waals surface area contributed by atoms with Gasteiger partial charge in [0.05, 0.1) is 6.26 Å². The Balaban J connectivity index is 1.92. The van der Waals surface area contributed by atoms with Crippen LogP contribution in [0.5, 0.6) is 0 Å². The first-order chi connectivity index (χ1) is 11.8. The van der Waals surface area contributed by atoms with Gasteiger partial charge in [0.1, 0.15) is 6.61 Å². The topological polar surface area (TPSA) is 96.0 Å². The molecule has 1 aromatic carbocycles. The summed E-state index contributed by atoms with van der Waals surface area (Å²) in [6.07, 6.45) is 2.15. The van der Waals surface area contributed by atoms with E-state index in [0.717, 1.165) is 6.26 Å². The number of rotatable bonds is 5. The fourth-order valence-corrected chi connectivity index (χ4v) is 2.96. The molecule has 8 nitrogen and oxygen atoms in total. The first-order valence-electron chi connectivity index (χ1n) is 7.70. The molecule has 1 aliphatic heterocycles. The molecule has 9 heteroatoms. The minimum atomic E-state index is -3.35. The van der Waals surface area contributed by atoms with Crippen LogP contribution in [0.15, 0.2) is 36.9 Å². The summed E-state index contributed by atoms with van der Waals surface area (Å²) < 4.78 is 29.7. The van der Waals surface area contributed by atoms with Gasteiger partial charge >= 0.3 is 6.09 Å². The molecule has 1 aliphatic rings. The average Bonchev–Trinajstić information content (AvgIpc) is 2.58. The summed E-state index contributed by atoms with van der Waals surface area (Å²) in [4.78, 5) is 27.4. The summed E-state index contributed by atoms with van der Waals surface area (Å²) in [5.41, 5.74) is 0.857. The van der Waals surface area contributed by atoms with E-state index in [0.29, 0.717) is 37.4 Å². The van der Waals surface area contributed by atoms with Gasteiger partial charge in [-0.1, -0.05) is 12.7 Å². The molecule has 0 aliphatic carbocycles. The Morgan fingerprint density at radius 3 is 2.24 bits per heavy atom. The van der Waals surface area contributed by atoms with E-state index in [1.54, 1.807) is 21.9 Å². The van der Waals surface area contributed by atoms with Gasteiger partial charge in [0, 0.05) is 37.4 Å². The van der Waals surface area contributed by atoms with Crippen molar-refractivity contribution in [3.8, 4) is 0 Å². The Kier molecular flexibility index (Phi) is 6.02. The molecule has 136 valence electrons. The third-order valence-corrected chi connectivity index (χ3v) is 4.19. The summed E-state index contributed by atoms with van der Waals surface area (Å²) in [5, 5.41) is 0. The number of anilines is 1. The van der Waals surface area contributed by atoms with Gasteiger partial charge in [0.25, 0.3) is 5.91 Å². The molecule has 1 heterocycles. The zero-order valence-electron chi connectivity index (χ0n) is 14.0. The summed E-state index contributed by atoms with van der Waals surface area (Å²) in [6.45, 7) is 5.26. The maximum atomic E-state index is 12.5. The highest BCUT2D eigenvalue weighted by molar-refractivity contribution is 7.92. The first kappa shape index (κ1) is 18.8. The third-order valence-electron chi connectivity index (χ3n) is 3.58. The van der Waals surface area contributed by atoms with E-state index in [1.807, 2.05) is 0 Å². The van der Waals surface area contributed by atoms with E-state index in [9.17, 15) is 18.0 Å². The maximum Gasteiger partial charge on any atom is 0.410 e. The highest BCUT2D eigenvalue weighted by Crippen LogP contribution is 2.14. The molecule has 2 amide bonds. The minimum absolute atomic E-state index is 0.159. The lowest BCUT2D eigenvalue weighted by molar-refractivity contribution is 0.0581. The number of nitrogens with zero attached hydrogens (tertiary/aromatic N) is 2. The lowest BCUT2D eigenvalue weighted by Crippen LogP contribution is -2.50. The molecule has 0 aromatic heterocycles. The molecule has 1 fully saturated rings. The molecule has 0 bridgehead atoms. The summed E-state index contributed by atoms with van der Waals surface area (Å²) in [7, 11) is -3.35. The van der Waals surface area contributed by atoms with Gasteiger partial charge in [-0.05, 0) is 24.3 Å². The van der Waals surface area contributed by atoms with Crippen LogP contribution in [0.2, 0.25) is 0 Å². The monoisotopic (exact) mass is 367 g/mol. The fourth-order valence-electron chi connectivity index (χ4n) is 2.39. The summed E-state index contributed by atoms with van der Waals surface area (Å²) >= 11 is 0. The molecule has 25 heavy (non-hydrogen) atoms. The van der Waals surface area contributed by atoms with Crippen LogP contribution in [0.1, 0.15) is 10.4 Å². The van der Waals surface area contributed by atoms with Crippen LogP contribution in [0.4, 0.5) is 10.5 Å². The van der Waals surface area contributed by atoms with E-state index in [4.69, 9.17) is 4.74 Å². The Hall–Kier alpha value is -2.55. The van der Waals surface area contributed by atoms with E-state index in [1.165, 1.54) is 18.2 Å². The largest absolute Gasteiger partial charge is 0.445 e. The van der Waals surface area contributed by atoms with E-state index < -0.39 is 16.1 Å². The van der Waals surface area contributed by atoms with Crippen molar-refractivity contribution in [2.75, 3.05) is 43.8 Å². The molecule has 0 saturated carbocycles. The summed E-state index contributed by atoms with van der Waals surface area (Å²) in [5.74, 6) is -0.162. The van der Waals surface area contributed by atoms with Crippen molar-refractivity contribution in [1.82, 2.24) is 9.80 Å². The number of carbonyl (C=O) groups excluding carboxylic acids is 2.